The molecule has 1 aromatic heterocycles. The van der Waals surface area contributed by atoms with E-state index >= 15 is 0 Å². The van der Waals surface area contributed by atoms with Crippen molar-refractivity contribution >= 4 is 0 Å². The van der Waals surface area contributed by atoms with Gasteiger partial charge in [-0.2, -0.15) is 0 Å². The normalized spacial score (nSPS) is 10.2. The molecule has 4 heteroatoms. The van der Waals surface area contributed by atoms with Gasteiger partial charge >= 0.3 is 0 Å². The fourth-order valence-corrected chi connectivity index (χ4v) is 1.76. The summed E-state index contributed by atoms with van der Waals surface area (Å²) in [5, 5.41) is 0. The molecule has 0 radical (unpaired) electrons. The van der Waals surface area contributed by atoms with Gasteiger partial charge in [0, 0.05) is 12.3 Å². The first-order chi connectivity index (χ1) is 9.16. The molecule has 2 aromatic rings. The summed E-state index contributed by atoms with van der Waals surface area (Å²) in [5.41, 5.74) is 1.75. The Kier molecular flexibility index (Phi) is 4.23. The SMILES string of the molecule is Cc1cccc(OCCOc2c(C)[nH]ccc2=O)c1. The number of hydrogen-bond acceptors (Lipinski definition) is 3. The molecule has 1 aromatic carbocycles. The van der Waals surface area contributed by atoms with Crippen molar-refractivity contribution in [3.8, 4) is 11.5 Å². The summed E-state index contributed by atoms with van der Waals surface area (Å²) >= 11 is 0. The summed E-state index contributed by atoms with van der Waals surface area (Å²) in [6, 6.07) is 9.26. The van der Waals surface area contributed by atoms with Crippen molar-refractivity contribution in [3.63, 3.8) is 0 Å². The lowest BCUT2D eigenvalue weighted by Gasteiger charge is -2.09. The minimum absolute atomic E-state index is 0.119. The van der Waals surface area contributed by atoms with Crippen LogP contribution in [-0.2, 0) is 0 Å². The molecule has 0 spiro atoms. The molecule has 19 heavy (non-hydrogen) atoms. The Morgan fingerprint density at radius 3 is 2.63 bits per heavy atom. The molecule has 2 rings (SSSR count). The number of aromatic nitrogens is 1. The Morgan fingerprint density at radius 1 is 1.11 bits per heavy atom. The number of aryl methyl sites for hydroxylation is 2. The van der Waals surface area contributed by atoms with Crippen molar-refractivity contribution in [2.24, 2.45) is 0 Å². The first kappa shape index (κ1) is 13.2. The molecule has 0 atom stereocenters. The fourth-order valence-electron chi connectivity index (χ4n) is 1.76. The van der Waals surface area contributed by atoms with Crippen molar-refractivity contribution in [3.05, 3.63) is 58.0 Å². The number of aromatic amines is 1. The van der Waals surface area contributed by atoms with Gasteiger partial charge in [-0.05, 0) is 31.5 Å². The molecule has 0 saturated carbocycles. The van der Waals surface area contributed by atoms with Crippen LogP contribution in [0.3, 0.4) is 0 Å². The van der Waals surface area contributed by atoms with Gasteiger partial charge in [0.05, 0.1) is 5.69 Å². The Labute approximate surface area is 112 Å². The van der Waals surface area contributed by atoms with Gasteiger partial charge in [0.25, 0.3) is 0 Å². The second-order valence-electron chi connectivity index (χ2n) is 4.31. The first-order valence-corrected chi connectivity index (χ1v) is 6.17. The number of H-pyrrole nitrogens is 1. The summed E-state index contributed by atoms with van der Waals surface area (Å²) < 4.78 is 11.0. The highest BCUT2D eigenvalue weighted by molar-refractivity contribution is 5.27. The molecule has 1 N–H and O–H groups in total. The number of hydrogen-bond donors (Lipinski definition) is 1. The van der Waals surface area contributed by atoms with E-state index in [1.165, 1.54) is 6.07 Å². The molecule has 0 aliphatic heterocycles. The number of nitrogens with one attached hydrogen (secondary N) is 1. The lowest BCUT2D eigenvalue weighted by atomic mass is 10.2. The molecule has 0 unspecified atom stereocenters. The van der Waals surface area contributed by atoms with Crippen molar-refractivity contribution < 1.29 is 9.47 Å². The van der Waals surface area contributed by atoms with Crippen molar-refractivity contribution in [2.45, 2.75) is 13.8 Å². The highest BCUT2D eigenvalue weighted by Gasteiger charge is 2.04. The largest absolute Gasteiger partial charge is 0.490 e. The molecular formula is C15H17NO3. The summed E-state index contributed by atoms with van der Waals surface area (Å²) in [4.78, 5) is 14.5. The second-order valence-corrected chi connectivity index (χ2v) is 4.31. The number of pyridine rings is 1. The molecule has 0 aliphatic carbocycles. The standard InChI is InChI=1S/C15H17NO3/c1-11-4-3-5-13(10-11)18-8-9-19-15-12(2)16-7-6-14(15)17/h3-7,10H,8-9H2,1-2H3,(H,16,17). The van der Waals surface area contributed by atoms with Crippen LogP contribution in [0, 0.1) is 13.8 Å². The van der Waals surface area contributed by atoms with Crippen LogP contribution < -0.4 is 14.9 Å². The zero-order valence-electron chi connectivity index (χ0n) is 11.1. The van der Waals surface area contributed by atoms with Gasteiger partial charge in [0.2, 0.25) is 5.43 Å². The van der Waals surface area contributed by atoms with Gasteiger partial charge in [0.15, 0.2) is 5.75 Å². The van der Waals surface area contributed by atoms with E-state index in [0.717, 1.165) is 17.0 Å². The number of ether oxygens (including phenoxy) is 2. The van der Waals surface area contributed by atoms with Crippen molar-refractivity contribution in [1.82, 2.24) is 4.98 Å². The predicted molar refractivity (Wildman–Crippen MR) is 74.0 cm³/mol. The van der Waals surface area contributed by atoms with E-state index in [-0.39, 0.29) is 5.43 Å². The zero-order chi connectivity index (χ0) is 13.7. The summed E-state index contributed by atoms with van der Waals surface area (Å²) in [6.45, 7) is 4.55. The van der Waals surface area contributed by atoms with E-state index in [9.17, 15) is 4.79 Å². The highest BCUT2D eigenvalue weighted by Crippen LogP contribution is 2.12. The average molecular weight is 259 g/mol. The van der Waals surface area contributed by atoms with Crippen LogP contribution >= 0.6 is 0 Å². The van der Waals surface area contributed by atoms with E-state index in [4.69, 9.17) is 9.47 Å². The molecule has 0 saturated heterocycles. The van der Waals surface area contributed by atoms with E-state index in [0.29, 0.717) is 19.0 Å². The molecule has 1 heterocycles. The Bertz CT molecular complexity index is 604. The van der Waals surface area contributed by atoms with E-state index < -0.39 is 0 Å². The van der Waals surface area contributed by atoms with E-state index in [1.54, 1.807) is 13.1 Å². The van der Waals surface area contributed by atoms with Gasteiger partial charge in [-0.15, -0.1) is 0 Å². The zero-order valence-corrected chi connectivity index (χ0v) is 11.1. The van der Waals surface area contributed by atoms with Crippen LogP contribution in [0.15, 0.2) is 41.3 Å². The van der Waals surface area contributed by atoms with Gasteiger partial charge < -0.3 is 14.5 Å². The van der Waals surface area contributed by atoms with Crippen LogP contribution in [0.25, 0.3) is 0 Å². The summed E-state index contributed by atoms with van der Waals surface area (Å²) in [7, 11) is 0. The Balaban J connectivity index is 1.86. The third kappa shape index (κ3) is 3.61. The molecule has 4 nitrogen and oxygen atoms in total. The van der Waals surface area contributed by atoms with Gasteiger partial charge in [-0.1, -0.05) is 12.1 Å². The van der Waals surface area contributed by atoms with E-state index in [1.807, 2.05) is 31.2 Å². The second kappa shape index (κ2) is 6.09. The third-order valence-electron chi connectivity index (χ3n) is 2.69. The maximum absolute atomic E-state index is 11.6. The summed E-state index contributed by atoms with van der Waals surface area (Å²) in [6.07, 6.45) is 1.60. The monoisotopic (exact) mass is 259 g/mol. The maximum atomic E-state index is 11.6. The fraction of sp³-hybridized carbons (Fsp3) is 0.267. The van der Waals surface area contributed by atoms with Crippen LogP contribution in [0.4, 0.5) is 0 Å². The number of benzene rings is 1. The van der Waals surface area contributed by atoms with Gasteiger partial charge in [-0.3, -0.25) is 4.79 Å². The minimum Gasteiger partial charge on any atom is -0.490 e. The quantitative estimate of drug-likeness (QED) is 0.839. The highest BCUT2D eigenvalue weighted by atomic mass is 16.5. The molecule has 100 valence electrons. The van der Waals surface area contributed by atoms with Crippen LogP contribution in [-0.4, -0.2) is 18.2 Å². The smallest absolute Gasteiger partial charge is 0.223 e. The van der Waals surface area contributed by atoms with Gasteiger partial charge in [-0.25, -0.2) is 0 Å². The maximum Gasteiger partial charge on any atom is 0.223 e. The van der Waals surface area contributed by atoms with Crippen molar-refractivity contribution in [2.75, 3.05) is 13.2 Å². The Hall–Kier alpha value is -2.23. The lowest BCUT2D eigenvalue weighted by Crippen LogP contribution is -2.15. The molecular weight excluding hydrogens is 242 g/mol. The first-order valence-electron chi connectivity index (χ1n) is 6.17. The van der Waals surface area contributed by atoms with Crippen molar-refractivity contribution in [1.29, 1.82) is 0 Å². The average Bonchev–Trinajstić information content (AvgIpc) is 2.37. The van der Waals surface area contributed by atoms with Crippen LogP contribution in [0.2, 0.25) is 0 Å². The van der Waals surface area contributed by atoms with E-state index in [2.05, 4.69) is 4.98 Å². The molecule has 0 fully saturated rings. The molecule has 0 bridgehead atoms. The van der Waals surface area contributed by atoms with Crippen LogP contribution in [0.1, 0.15) is 11.3 Å². The number of rotatable bonds is 5. The minimum atomic E-state index is -0.119. The third-order valence-corrected chi connectivity index (χ3v) is 2.69. The Morgan fingerprint density at radius 2 is 1.89 bits per heavy atom. The summed E-state index contributed by atoms with van der Waals surface area (Å²) in [5.74, 6) is 1.16. The lowest BCUT2D eigenvalue weighted by molar-refractivity contribution is 0.214. The molecule has 0 aliphatic rings. The molecule has 0 amide bonds. The van der Waals surface area contributed by atoms with Gasteiger partial charge in [0.1, 0.15) is 19.0 Å². The predicted octanol–water partition coefficient (Wildman–Crippen LogP) is 2.45. The van der Waals surface area contributed by atoms with Crippen LogP contribution in [0.5, 0.6) is 11.5 Å². The topological polar surface area (TPSA) is 51.3 Å².